The van der Waals surface area contributed by atoms with Crippen LogP contribution >= 0.6 is 68.0 Å². The molecule has 3 rings (SSSR count). The maximum absolute atomic E-state index is 10.8. The number of carbonyl (C=O) groups excluding carboxylic acids is 2. The number of hydrogen-bond acceptors (Lipinski definition) is 6. The highest BCUT2D eigenvalue weighted by Crippen LogP contribution is 2.15. The fourth-order valence-electron chi connectivity index (χ4n) is 1.51. The van der Waals surface area contributed by atoms with E-state index in [2.05, 4.69) is 32.6 Å². The molecule has 2 aromatic heterocycles. The predicted octanol–water partition coefficient (Wildman–Crippen LogP) is 1.61. The first kappa shape index (κ1) is 22.9. The molecule has 0 aliphatic carbocycles. The summed E-state index contributed by atoms with van der Waals surface area (Å²) in [5, 5.41) is 0. The average molecular weight is 697 g/mol. The van der Waals surface area contributed by atoms with E-state index < -0.39 is 0 Å². The lowest BCUT2D eigenvalue weighted by Crippen LogP contribution is -2.16. The third-order valence-electron chi connectivity index (χ3n) is 2.76. The van der Waals surface area contributed by atoms with E-state index in [9.17, 15) is 19.2 Å². The van der Waals surface area contributed by atoms with Crippen LogP contribution in [-0.4, -0.2) is 24.9 Å². The van der Waals surface area contributed by atoms with Gasteiger partial charge in [0.1, 0.15) is 11.6 Å². The molecule has 1 aliphatic heterocycles. The largest absolute Gasteiger partial charge is 0.385 e. The van der Waals surface area contributed by atoms with Gasteiger partial charge in [-0.15, -0.1) is 0 Å². The molecule has 6 N–H and O–H groups in total. The Hall–Kier alpha value is -1.17. The summed E-state index contributed by atoms with van der Waals surface area (Å²) in [6.45, 7) is 0. The molecule has 12 heteroatoms. The van der Waals surface area contributed by atoms with Gasteiger partial charge in [0.15, 0.2) is 0 Å². The van der Waals surface area contributed by atoms with E-state index in [1.165, 1.54) is 6.07 Å². The van der Waals surface area contributed by atoms with Crippen molar-refractivity contribution < 1.29 is 9.59 Å². The second-order valence-electron chi connectivity index (χ2n) is 4.75. The van der Waals surface area contributed by atoms with Crippen molar-refractivity contribution >= 4 is 91.5 Å². The molecular weight excluding hydrogens is 683 g/mol. The fraction of sp³-hybridized carbons (Fsp3) is 0.143. The van der Waals surface area contributed by atoms with Gasteiger partial charge in [-0.05, 0) is 57.3 Å². The van der Waals surface area contributed by atoms with Crippen LogP contribution in [0, 0.1) is 7.14 Å². The van der Waals surface area contributed by atoms with Crippen LogP contribution in [0.1, 0.15) is 12.8 Å². The summed E-state index contributed by atoms with van der Waals surface area (Å²) in [7, 11) is 0. The topological polar surface area (TPSA) is 155 Å². The Kier molecular flexibility index (Phi) is 9.55. The van der Waals surface area contributed by atoms with Crippen molar-refractivity contribution in [1.82, 2.24) is 13.1 Å². The lowest BCUT2D eigenvalue weighted by Gasteiger charge is -1.97. The number of pyridine rings is 2. The number of amides is 2. The Bertz CT molecular complexity index is 896. The quantitative estimate of drug-likeness (QED) is 0.187. The van der Waals surface area contributed by atoms with Crippen molar-refractivity contribution in [2.45, 2.75) is 12.8 Å². The number of nitrogens with zero attached hydrogens (tertiary/aromatic N) is 1. The van der Waals surface area contributed by atoms with E-state index in [4.69, 9.17) is 11.5 Å². The molecule has 9 nitrogen and oxygen atoms in total. The zero-order valence-electron chi connectivity index (χ0n) is 13.1. The zero-order chi connectivity index (χ0) is 19.9. The molecule has 1 saturated heterocycles. The number of H-pyrrole nitrogens is 2. The van der Waals surface area contributed by atoms with E-state index in [1.807, 2.05) is 22.6 Å². The van der Waals surface area contributed by atoms with Crippen LogP contribution in [0.5, 0.6) is 0 Å². The summed E-state index contributed by atoms with van der Waals surface area (Å²) >= 11 is 5.75. The monoisotopic (exact) mass is 697 g/mol. The van der Waals surface area contributed by atoms with Crippen molar-refractivity contribution in [3.63, 3.8) is 0 Å². The molecule has 2 amide bonds. The number of carbonyl (C=O) groups is 2. The number of halogens is 3. The molecular formula is C14H14I3N5O4. The molecule has 3 heterocycles. The van der Waals surface area contributed by atoms with Crippen LogP contribution in [0.2, 0.25) is 0 Å². The van der Waals surface area contributed by atoms with Crippen LogP contribution in [0.25, 0.3) is 0 Å². The molecule has 0 aromatic carbocycles. The van der Waals surface area contributed by atoms with Gasteiger partial charge in [0.05, 0.1) is 30.0 Å². The number of anilines is 2. The van der Waals surface area contributed by atoms with Crippen molar-refractivity contribution in [3.8, 4) is 0 Å². The molecule has 2 aromatic rings. The minimum atomic E-state index is -0.162. The van der Waals surface area contributed by atoms with Gasteiger partial charge in [-0.3, -0.25) is 19.2 Å². The molecule has 1 fully saturated rings. The van der Waals surface area contributed by atoms with E-state index in [0.29, 0.717) is 28.0 Å². The number of nitrogen functional groups attached to an aromatic ring is 2. The van der Waals surface area contributed by atoms with Gasteiger partial charge < -0.3 is 21.4 Å². The van der Waals surface area contributed by atoms with Crippen LogP contribution in [0.3, 0.4) is 0 Å². The first-order valence-corrected chi connectivity index (χ1v) is 10.0. The second kappa shape index (κ2) is 10.9. The minimum Gasteiger partial charge on any atom is -0.385 e. The highest BCUT2D eigenvalue weighted by atomic mass is 127. The van der Waals surface area contributed by atoms with E-state index in [-0.39, 0.29) is 22.9 Å². The summed E-state index contributed by atoms with van der Waals surface area (Å²) < 4.78 is 2.68. The molecule has 0 unspecified atom stereocenters. The lowest BCUT2D eigenvalue weighted by atomic mass is 10.4. The Balaban J connectivity index is 0.000000197. The lowest BCUT2D eigenvalue weighted by molar-refractivity contribution is -0.130. The Labute approximate surface area is 189 Å². The Morgan fingerprint density at radius 2 is 1.50 bits per heavy atom. The van der Waals surface area contributed by atoms with Crippen molar-refractivity contribution in [2.75, 3.05) is 11.5 Å². The SMILES string of the molecule is Nc1[nH]c(=O)c(I)cc1I.Nc1cccc(=O)[nH]1.O=C1CCC(=O)N1I. The van der Waals surface area contributed by atoms with Gasteiger partial charge >= 0.3 is 0 Å². The standard InChI is InChI=1S/C5H4I2N2O.C5H6N2O.C4H4INO2/c6-2-1-3(7)5(10)9-4(2)8;6-4-2-1-3-5(8)7-4;5-6-3(7)1-2-4(6)8/h1H,(H3,8,9,10);1-3H,(H3,6,7,8);1-2H2. The molecule has 140 valence electrons. The van der Waals surface area contributed by atoms with Gasteiger partial charge in [-0.25, -0.2) is 3.11 Å². The molecule has 0 spiro atoms. The zero-order valence-corrected chi connectivity index (χ0v) is 19.6. The van der Waals surface area contributed by atoms with Crippen LogP contribution < -0.4 is 22.6 Å². The maximum atomic E-state index is 10.8. The van der Waals surface area contributed by atoms with Crippen molar-refractivity contribution in [1.29, 1.82) is 0 Å². The highest BCUT2D eigenvalue weighted by molar-refractivity contribution is 14.1. The summed E-state index contributed by atoms with van der Waals surface area (Å²) in [5.41, 5.74) is 10.3. The van der Waals surface area contributed by atoms with Crippen molar-refractivity contribution in [3.05, 3.63) is 52.1 Å². The predicted molar refractivity (Wildman–Crippen MR) is 123 cm³/mol. The number of rotatable bonds is 0. The summed E-state index contributed by atoms with van der Waals surface area (Å²) in [6.07, 6.45) is 0.781. The number of imide groups is 1. The molecule has 0 bridgehead atoms. The smallest absolute Gasteiger partial charge is 0.262 e. The molecule has 1 aliphatic rings. The molecule has 0 atom stereocenters. The molecule has 0 saturated carbocycles. The summed E-state index contributed by atoms with van der Waals surface area (Å²) in [4.78, 5) is 47.1. The number of hydrogen-bond donors (Lipinski definition) is 4. The van der Waals surface area contributed by atoms with E-state index >= 15 is 0 Å². The number of nitrogens with two attached hydrogens (primary N) is 2. The number of aromatic amines is 2. The van der Waals surface area contributed by atoms with Gasteiger partial charge in [-0.1, -0.05) is 6.07 Å². The van der Waals surface area contributed by atoms with Crippen LogP contribution in [-0.2, 0) is 9.59 Å². The van der Waals surface area contributed by atoms with E-state index in [0.717, 1.165) is 6.68 Å². The second-order valence-corrected chi connectivity index (χ2v) is 8.04. The first-order chi connectivity index (χ1) is 12.1. The third kappa shape index (κ3) is 7.60. The highest BCUT2D eigenvalue weighted by Gasteiger charge is 2.26. The minimum absolute atomic E-state index is 0.0735. The maximum Gasteiger partial charge on any atom is 0.262 e. The van der Waals surface area contributed by atoms with Crippen LogP contribution in [0.15, 0.2) is 33.9 Å². The summed E-state index contributed by atoms with van der Waals surface area (Å²) in [6, 6.07) is 6.39. The van der Waals surface area contributed by atoms with Crippen LogP contribution in [0.4, 0.5) is 11.6 Å². The average Bonchev–Trinajstić information content (AvgIpc) is 2.85. The van der Waals surface area contributed by atoms with Gasteiger partial charge in [-0.2, -0.15) is 0 Å². The number of nitrogens with one attached hydrogen (secondary N) is 2. The van der Waals surface area contributed by atoms with Gasteiger partial charge in [0.25, 0.3) is 5.56 Å². The molecule has 26 heavy (non-hydrogen) atoms. The third-order valence-corrected chi connectivity index (χ3v) is 5.53. The fourth-order valence-corrected chi connectivity index (χ4v) is 3.48. The van der Waals surface area contributed by atoms with Gasteiger partial charge in [0.2, 0.25) is 17.4 Å². The normalized spacial score (nSPS) is 12.8. The van der Waals surface area contributed by atoms with Crippen molar-refractivity contribution in [2.24, 2.45) is 0 Å². The Morgan fingerprint density at radius 1 is 0.923 bits per heavy atom. The Morgan fingerprint density at radius 3 is 1.85 bits per heavy atom. The van der Waals surface area contributed by atoms with Gasteiger partial charge in [0, 0.05) is 18.9 Å². The number of aromatic nitrogens is 2. The summed E-state index contributed by atoms with van der Waals surface area (Å²) in [5.74, 6) is 0.690. The first-order valence-electron chi connectivity index (χ1n) is 6.92. The van der Waals surface area contributed by atoms with E-state index in [1.54, 1.807) is 41.1 Å². The molecule has 0 radical (unpaired) electrons.